The Bertz CT molecular complexity index is 767. The molecule has 0 spiro atoms. The molecule has 26 heavy (non-hydrogen) atoms. The van der Waals surface area contributed by atoms with Gasteiger partial charge in [0, 0.05) is 23.1 Å². The number of hydrogen-bond acceptors (Lipinski definition) is 6. The molecule has 0 saturated carbocycles. The van der Waals surface area contributed by atoms with E-state index in [0.717, 1.165) is 18.2 Å². The molecule has 2 rings (SSSR count). The summed E-state index contributed by atoms with van der Waals surface area (Å²) in [6.45, 7) is 0.168. The van der Waals surface area contributed by atoms with Gasteiger partial charge in [-0.3, -0.25) is 19.7 Å². The van der Waals surface area contributed by atoms with Crippen LogP contribution in [0.3, 0.4) is 0 Å². The van der Waals surface area contributed by atoms with Gasteiger partial charge in [-0.15, -0.1) is 11.8 Å². The first-order chi connectivity index (χ1) is 12.6. The number of amides is 1. The van der Waals surface area contributed by atoms with Crippen LogP contribution in [-0.2, 0) is 4.79 Å². The van der Waals surface area contributed by atoms with Crippen molar-refractivity contribution in [1.29, 1.82) is 0 Å². The number of nitrogens with one attached hydrogen (secondary N) is 1. The van der Waals surface area contributed by atoms with Gasteiger partial charge in [0.25, 0.3) is 5.91 Å². The van der Waals surface area contributed by atoms with E-state index in [4.69, 9.17) is 4.74 Å². The molecular weight excluding hydrogens is 356 g/mol. The fraction of sp³-hybridized carbons (Fsp3) is 0.222. The van der Waals surface area contributed by atoms with E-state index < -0.39 is 4.92 Å². The third kappa shape index (κ3) is 6.21. The van der Waals surface area contributed by atoms with E-state index in [-0.39, 0.29) is 29.5 Å². The van der Waals surface area contributed by atoms with E-state index in [1.54, 1.807) is 11.8 Å². The summed E-state index contributed by atoms with van der Waals surface area (Å²) in [4.78, 5) is 34.0. The molecule has 0 aromatic heterocycles. The van der Waals surface area contributed by atoms with E-state index in [1.807, 2.05) is 30.3 Å². The number of carbonyl (C=O) groups excluding carboxylic acids is 2. The van der Waals surface area contributed by atoms with Crippen LogP contribution in [0.1, 0.15) is 16.8 Å². The van der Waals surface area contributed by atoms with E-state index in [2.05, 4.69) is 5.32 Å². The van der Waals surface area contributed by atoms with Gasteiger partial charge in [0.15, 0.2) is 12.4 Å². The molecule has 1 N–H and O–H groups in total. The average molecular weight is 374 g/mol. The molecule has 0 radical (unpaired) electrons. The Labute approximate surface area is 154 Å². The topological polar surface area (TPSA) is 98.5 Å². The molecule has 0 aliphatic rings. The van der Waals surface area contributed by atoms with Crippen LogP contribution < -0.4 is 10.1 Å². The zero-order valence-electron chi connectivity index (χ0n) is 13.9. The van der Waals surface area contributed by atoms with E-state index in [1.165, 1.54) is 17.0 Å². The lowest BCUT2D eigenvalue weighted by molar-refractivity contribution is -0.385. The van der Waals surface area contributed by atoms with E-state index in [9.17, 15) is 19.7 Å². The SMILES string of the molecule is O=Cc1ccc(OCC(=O)NCCCSc2ccccc2)c([N+](=O)[O-])c1. The van der Waals surface area contributed by atoms with Crippen molar-refractivity contribution in [2.75, 3.05) is 18.9 Å². The molecule has 0 saturated heterocycles. The molecule has 8 heteroatoms. The second-order valence-corrected chi connectivity index (χ2v) is 6.42. The predicted molar refractivity (Wildman–Crippen MR) is 98.8 cm³/mol. The third-order valence-corrected chi connectivity index (χ3v) is 4.43. The maximum atomic E-state index is 11.8. The Kier molecular flexibility index (Phi) is 7.63. The number of hydrogen-bond donors (Lipinski definition) is 1. The normalized spacial score (nSPS) is 10.2. The monoisotopic (exact) mass is 374 g/mol. The van der Waals surface area contributed by atoms with Crippen molar-refractivity contribution < 1.29 is 19.2 Å². The Balaban J connectivity index is 1.71. The van der Waals surface area contributed by atoms with Gasteiger partial charge in [0.2, 0.25) is 0 Å². The number of nitro groups is 1. The van der Waals surface area contributed by atoms with E-state index >= 15 is 0 Å². The van der Waals surface area contributed by atoms with Crippen LogP contribution in [0.5, 0.6) is 5.75 Å². The summed E-state index contributed by atoms with van der Waals surface area (Å²) in [6, 6.07) is 13.8. The number of aldehydes is 1. The number of nitrogens with zero attached hydrogens (tertiary/aromatic N) is 1. The summed E-state index contributed by atoms with van der Waals surface area (Å²) in [5.74, 6) is 0.461. The zero-order valence-corrected chi connectivity index (χ0v) is 14.7. The van der Waals surface area contributed by atoms with Crippen molar-refractivity contribution >= 4 is 29.6 Å². The summed E-state index contributed by atoms with van der Waals surface area (Å²) >= 11 is 1.70. The average Bonchev–Trinajstić information content (AvgIpc) is 2.66. The Morgan fingerprint density at radius 2 is 2.00 bits per heavy atom. The first kappa shape index (κ1) is 19.5. The van der Waals surface area contributed by atoms with Crippen molar-refractivity contribution in [3.63, 3.8) is 0 Å². The minimum absolute atomic E-state index is 0.0459. The number of rotatable bonds is 10. The molecule has 0 aliphatic carbocycles. The minimum Gasteiger partial charge on any atom is -0.477 e. The van der Waals surface area contributed by atoms with Crippen molar-refractivity contribution in [1.82, 2.24) is 5.32 Å². The summed E-state index contributed by atoms with van der Waals surface area (Å²) in [7, 11) is 0. The predicted octanol–water partition coefficient (Wildman–Crippen LogP) is 3.08. The molecule has 0 aliphatic heterocycles. The molecule has 0 unspecified atom stereocenters. The molecule has 7 nitrogen and oxygen atoms in total. The van der Waals surface area contributed by atoms with Crippen LogP contribution in [-0.4, -0.2) is 36.0 Å². The van der Waals surface area contributed by atoms with Crippen molar-refractivity contribution in [2.24, 2.45) is 0 Å². The van der Waals surface area contributed by atoms with Crippen molar-refractivity contribution in [3.8, 4) is 5.75 Å². The lowest BCUT2D eigenvalue weighted by atomic mass is 10.2. The highest BCUT2D eigenvalue weighted by Gasteiger charge is 2.17. The van der Waals surface area contributed by atoms with Gasteiger partial charge < -0.3 is 10.1 Å². The Morgan fingerprint density at radius 1 is 1.23 bits per heavy atom. The van der Waals surface area contributed by atoms with Gasteiger partial charge in [-0.1, -0.05) is 18.2 Å². The second kappa shape index (κ2) is 10.2. The standard InChI is InChI=1S/C18H18N2O5S/c21-12-14-7-8-17(16(11-14)20(23)24)25-13-18(22)19-9-4-10-26-15-5-2-1-3-6-15/h1-3,5-8,11-12H,4,9-10,13H2,(H,19,22). The molecule has 2 aromatic carbocycles. The maximum Gasteiger partial charge on any atom is 0.311 e. The summed E-state index contributed by atoms with van der Waals surface area (Å²) in [5.41, 5.74) is -0.175. The van der Waals surface area contributed by atoms with Gasteiger partial charge in [0.05, 0.1) is 4.92 Å². The Morgan fingerprint density at radius 3 is 2.69 bits per heavy atom. The third-order valence-electron chi connectivity index (χ3n) is 3.33. The van der Waals surface area contributed by atoms with Gasteiger partial charge in [-0.05, 0) is 36.4 Å². The quantitative estimate of drug-likeness (QED) is 0.226. The highest BCUT2D eigenvalue weighted by Crippen LogP contribution is 2.27. The van der Waals surface area contributed by atoms with E-state index in [0.29, 0.717) is 12.8 Å². The molecule has 0 bridgehead atoms. The maximum absolute atomic E-state index is 11.8. The minimum atomic E-state index is -0.652. The number of carbonyl (C=O) groups is 2. The smallest absolute Gasteiger partial charge is 0.311 e. The van der Waals surface area contributed by atoms with Crippen LogP contribution in [0, 0.1) is 10.1 Å². The molecule has 0 heterocycles. The van der Waals surface area contributed by atoms with Crippen LogP contribution in [0.4, 0.5) is 5.69 Å². The number of benzene rings is 2. The second-order valence-electron chi connectivity index (χ2n) is 5.26. The first-order valence-electron chi connectivity index (χ1n) is 7.91. The van der Waals surface area contributed by atoms with Gasteiger partial charge in [0.1, 0.15) is 6.29 Å². The first-order valence-corrected chi connectivity index (χ1v) is 8.89. The number of thioether (sulfide) groups is 1. The molecular formula is C18H18N2O5S. The number of ether oxygens (including phenoxy) is 1. The highest BCUT2D eigenvalue weighted by molar-refractivity contribution is 7.99. The van der Waals surface area contributed by atoms with Crippen molar-refractivity contribution in [3.05, 3.63) is 64.2 Å². The number of nitro benzene ring substituents is 1. The fourth-order valence-corrected chi connectivity index (χ4v) is 2.95. The largest absolute Gasteiger partial charge is 0.477 e. The lowest BCUT2D eigenvalue weighted by Gasteiger charge is -2.08. The van der Waals surface area contributed by atoms with Gasteiger partial charge >= 0.3 is 5.69 Å². The van der Waals surface area contributed by atoms with Gasteiger partial charge in [-0.25, -0.2) is 0 Å². The van der Waals surface area contributed by atoms with Gasteiger partial charge in [-0.2, -0.15) is 0 Å². The molecule has 1 amide bonds. The lowest BCUT2D eigenvalue weighted by Crippen LogP contribution is -2.30. The summed E-state index contributed by atoms with van der Waals surface area (Å²) in [6.07, 6.45) is 1.30. The van der Waals surface area contributed by atoms with Crippen molar-refractivity contribution in [2.45, 2.75) is 11.3 Å². The van der Waals surface area contributed by atoms with Crippen LogP contribution in [0.15, 0.2) is 53.4 Å². The van der Waals surface area contributed by atoms with Crippen LogP contribution in [0.25, 0.3) is 0 Å². The zero-order chi connectivity index (χ0) is 18.8. The summed E-state index contributed by atoms with van der Waals surface area (Å²) < 4.78 is 5.21. The highest BCUT2D eigenvalue weighted by atomic mass is 32.2. The molecule has 0 fully saturated rings. The molecule has 136 valence electrons. The Hall–Kier alpha value is -2.87. The molecule has 2 aromatic rings. The summed E-state index contributed by atoms with van der Waals surface area (Å²) in [5, 5.41) is 13.7. The van der Waals surface area contributed by atoms with Crippen LogP contribution in [0.2, 0.25) is 0 Å². The fourth-order valence-electron chi connectivity index (χ4n) is 2.07. The molecule has 0 atom stereocenters. The van der Waals surface area contributed by atoms with Crippen LogP contribution >= 0.6 is 11.8 Å².